The fraction of sp³-hybridized carbons (Fsp3) is 0.200. The van der Waals surface area contributed by atoms with Crippen LogP contribution in [0.15, 0.2) is 36.4 Å². The Balaban J connectivity index is 2.08. The summed E-state index contributed by atoms with van der Waals surface area (Å²) in [6.45, 7) is 1.92. The first-order valence-electron chi connectivity index (χ1n) is 6.09. The summed E-state index contributed by atoms with van der Waals surface area (Å²) in [5, 5.41) is 3.42. The molecule has 1 atom stereocenters. The van der Waals surface area contributed by atoms with Crippen LogP contribution in [0.4, 0.5) is 13.2 Å². The Kier molecular flexibility index (Phi) is 4.68. The van der Waals surface area contributed by atoms with Crippen LogP contribution in [-0.2, 0) is 6.54 Å². The number of benzene rings is 2. The summed E-state index contributed by atoms with van der Waals surface area (Å²) in [6, 6.07) is 7.26. The molecule has 0 radical (unpaired) electrons. The molecule has 2 aromatic carbocycles. The van der Waals surface area contributed by atoms with E-state index in [0.717, 1.165) is 6.07 Å². The van der Waals surface area contributed by atoms with Crippen LogP contribution >= 0.6 is 11.6 Å². The highest BCUT2D eigenvalue weighted by Gasteiger charge is 2.12. The Hall–Kier alpha value is -1.52. The van der Waals surface area contributed by atoms with Crippen LogP contribution in [0.2, 0.25) is 5.02 Å². The smallest absolute Gasteiger partial charge is 0.130 e. The molecule has 0 spiro atoms. The monoisotopic (exact) mass is 299 g/mol. The third kappa shape index (κ3) is 3.52. The van der Waals surface area contributed by atoms with E-state index in [4.69, 9.17) is 11.6 Å². The number of hydrogen-bond donors (Lipinski definition) is 1. The summed E-state index contributed by atoms with van der Waals surface area (Å²) in [6.07, 6.45) is 0. The van der Waals surface area contributed by atoms with Gasteiger partial charge in [0, 0.05) is 34.8 Å². The minimum atomic E-state index is -0.628. The summed E-state index contributed by atoms with van der Waals surface area (Å²) in [5.74, 6) is -1.63. The third-order valence-electron chi connectivity index (χ3n) is 3.04. The van der Waals surface area contributed by atoms with Crippen molar-refractivity contribution in [2.75, 3.05) is 0 Å². The van der Waals surface area contributed by atoms with E-state index in [-0.39, 0.29) is 18.4 Å². The van der Waals surface area contributed by atoms with Crippen molar-refractivity contribution in [1.29, 1.82) is 0 Å². The molecule has 0 aliphatic carbocycles. The van der Waals surface area contributed by atoms with Crippen molar-refractivity contribution >= 4 is 11.6 Å². The Morgan fingerprint density at radius 1 is 1.05 bits per heavy atom. The van der Waals surface area contributed by atoms with E-state index in [2.05, 4.69) is 5.32 Å². The molecule has 0 aliphatic heterocycles. The molecule has 5 heteroatoms. The maximum Gasteiger partial charge on any atom is 0.130 e. The molecular weight excluding hydrogens is 287 g/mol. The van der Waals surface area contributed by atoms with Crippen molar-refractivity contribution in [3.63, 3.8) is 0 Å². The van der Waals surface area contributed by atoms with E-state index in [1.807, 2.05) is 0 Å². The average molecular weight is 300 g/mol. The van der Waals surface area contributed by atoms with Gasteiger partial charge in [-0.1, -0.05) is 17.7 Å². The zero-order valence-electron chi connectivity index (χ0n) is 10.8. The lowest BCUT2D eigenvalue weighted by atomic mass is 10.1. The number of rotatable bonds is 4. The predicted octanol–water partition coefficient (Wildman–Crippen LogP) is 4.61. The van der Waals surface area contributed by atoms with Crippen LogP contribution in [0.1, 0.15) is 24.1 Å². The molecule has 2 rings (SSSR count). The van der Waals surface area contributed by atoms with Crippen molar-refractivity contribution in [2.24, 2.45) is 0 Å². The lowest BCUT2D eigenvalue weighted by Gasteiger charge is -2.15. The molecule has 0 aliphatic rings. The van der Waals surface area contributed by atoms with Gasteiger partial charge in [-0.3, -0.25) is 0 Å². The summed E-state index contributed by atoms with van der Waals surface area (Å²) in [7, 11) is 0. The first-order chi connectivity index (χ1) is 9.47. The van der Waals surface area contributed by atoms with Crippen LogP contribution in [0.3, 0.4) is 0 Å². The van der Waals surface area contributed by atoms with Gasteiger partial charge in [-0.15, -0.1) is 0 Å². The second-order valence-corrected chi connectivity index (χ2v) is 4.94. The molecule has 2 aromatic rings. The number of nitrogens with one attached hydrogen (secondary N) is 1. The Morgan fingerprint density at radius 2 is 1.80 bits per heavy atom. The molecule has 0 aromatic heterocycles. The fourth-order valence-corrected chi connectivity index (χ4v) is 2.10. The summed E-state index contributed by atoms with van der Waals surface area (Å²) in [4.78, 5) is 0. The first kappa shape index (κ1) is 14.9. The van der Waals surface area contributed by atoms with E-state index in [1.54, 1.807) is 6.92 Å². The van der Waals surface area contributed by atoms with Crippen LogP contribution in [-0.4, -0.2) is 0 Å². The number of hydrogen-bond acceptors (Lipinski definition) is 1. The average Bonchev–Trinajstić information content (AvgIpc) is 2.39. The molecule has 0 bridgehead atoms. The largest absolute Gasteiger partial charge is 0.306 e. The Morgan fingerprint density at radius 3 is 2.50 bits per heavy atom. The summed E-state index contributed by atoms with van der Waals surface area (Å²) < 4.78 is 40.0. The standard InChI is InChI=1S/C15H13ClF3N/c1-9(13-4-3-12(17)7-15(13)19)20-8-10-6-11(16)2-5-14(10)18/h2-7,9,20H,8H2,1H3. The van der Waals surface area contributed by atoms with Gasteiger partial charge in [0.15, 0.2) is 0 Å². The van der Waals surface area contributed by atoms with Gasteiger partial charge in [0.25, 0.3) is 0 Å². The molecule has 20 heavy (non-hydrogen) atoms. The molecule has 0 heterocycles. The van der Waals surface area contributed by atoms with E-state index in [9.17, 15) is 13.2 Å². The van der Waals surface area contributed by atoms with Crippen LogP contribution in [0, 0.1) is 17.5 Å². The first-order valence-corrected chi connectivity index (χ1v) is 6.47. The van der Waals surface area contributed by atoms with Gasteiger partial charge >= 0.3 is 0 Å². The van der Waals surface area contributed by atoms with Gasteiger partial charge in [0.05, 0.1) is 0 Å². The minimum Gasteiger partial charge on any atom is -0.306 e. The molecule has 1 N–H and O–H groups in total. The van der Waals surface area contributed by atoms with Gasteiger partial charge < -0.3 is 5.32 Å². The highest BCUT2D eigenvalue weighted by Crippen LogP contribution is 2.20. The predicted molar refractivity (Wildman–Crippen MR) is 73.0 cm³/mol. The van der Waals surface area contributed by atoms with Crippen LogP contribution in [0.25, 0.3) is 0 Å². The van der Waals surface area contributed by atoms with Gasteiger partial charge in [-0.05, 0) is 31.2 Å². The van der Waals surface area contributed by atoms with E-state index in [0.29, 0.717) is 16.1 Å². The Bertz CT molecular complexity index is 616. The maximum absolute atomic E-state index is 13.6. The van der Waals surface area contributed by atoms with E-state index >= 15 is 0 Å². The normalized spacial score (nSPS) is 12.4. The maximum atomic E-state index is 13.6. The molecule has 0 saturated heterocycles. The quantitative estimate of drug-likeness (QED) is 0.869. The zero-order valence-corrected chi connectivity index (χ0v) is 11.5. The van der Waals surface area contributed by atoms with Gasteiger partial charge in [0.1, 0.15) is 17.5 Å². The lowest BCUT2D eigenvalue weighted by Crippen LogP contribution is -2.19. The van der Waals surface area contributed by atoms with Gasteiger partial charge in [-0.2, -0.15) is 0 Å². The minimum absolute atomic E-state index is 0.199. The van der Waals surface area contributed by atoms with Crippen molar-refractivity contribution in [1.82, 2.24) is 5.32 Å². The topological polar surface area (TPSA) is 12.0 Å². The van der Waals surface area contributed by atoms with Crippen LogP contribution < -0.4 is 5.32 Å². The molecular formula is C15H13ClF3N. The van der Waals surface area contributed by atoms with Crippen molar-refractivity contribution in [3.05, 3.63) is 70.0 Å². The van der Waals surface area contributed by atoms with Crippen LogP contribution in [0.5, 0.6) is 0 Å². The van der Waals surface area contributed by atoms with Gasteiger partial charge in [0.2, 0.25) is 0 Å². The summed E-state index contributed by atoms with van der Waals surface area (Å²) in [5.41, 5.74) is 0.723. The highest BCUT2D eigenvalue weighted by atomic mass is 35.5. The highest BCUT2D eigenvalue weighted by molar-refractivity contribution is 6.30. The fourth-order valence-electron chi connectivity index (χ4n) is 1.90. The molecule has 1 unspecified atom stereocenters. The molecule has 0 amide bonds. The molecule has 0 saturated carbocycles. The molecule has 0 fully saturated rings. The lowest BCUT2D eigenvalue weighted by molar-refractivity contribution is 0.508. The van der Waals surface area contributed by atoms with Gasteiger partial charge in [-0.25, -0.2) is 13.2 Å². The molecule has 1 nitrogen and oxygen atoms in total. The van der Waals surface area contributed by atoms with Crippen molar-refractivity contribution in [2.45, 2.75) is 19.5 Å². The van der Waals surface area contributed by atoms with E-state index in [1.165, 1.54) is 30.3 Å². The zero-order chi connectivity index (χ0) is 14.7. The van der Waals surface area contributed by atoms with Crippen molar-refractivity contribution < 1.29 is 13.2 Å². The second kappa shape index (κ2) is 6.29. The molecule has 106 valence electrons. The van der Waals surface area contributed by atoms with Crippen molar-refractivity contribution in [3.8, 4) is 0 Å². The SMILES string of the molecule is CC(NCc1cc(Cl)ccc1F)c1ccc(F)cc1F. The summed E-state index contributed by atoms with van der Waals surface area (Å²) >= 11 is 5.80. The second-order valence-electron chi connectivity index (χ2n) is 4.50. The van der Waals surface area contributed by atoms with E-state index < -0.39 is 11.6 Å². The third-order valence-corrected chi connectivity index (χ3v) is 3.27. The number of halogens is 4. The Labute approximate surface area is 120 Å².